The number of nitrogens with zero attached hydrogens (tertiary/aromatic N) is 2. The van der Waals surface area contributed by atoms with E-state index in [0.717, 1.165) is 6.92 Å². The van der Waals surface area contributed by atoms with Crippen molar-refractivity contribution in [1.82, 2.24) is 36.4 Å². The third-order valence-electron chi connectivity index (χ3n) is 10.5. The minimum absolute atomic E-state index is 0.0881. The molecule has 3 rings (SSSR count). The summed E-state index contributed by atoms with van der Waals surface area (Å²) in [5.74, 6) is -7.52. The van der Waals surface area contributed by atoms with Crippen molar-refractivity contribution >= 4 is 47.3 Å². The average Bonchev–Trinajstić information content (AvgIpc) is 3.90. The van der Waals surface area contributed by atoms with Gasteiger partial charge in [0.2, 0.25) is 41.4 Å². The molecule has 0 aliphatic carbocycles. The first-order chi connectivity index (χ1) is 27.8. The SMILES string of the molecule is CC(C)[C@H](N)C(=O)N[C@@H](CO)C(=O)N1CCC[C@H]1C(=O)N1CCC[C@H]1C(=O)N[C@H](C(=O)N[C@@H](Cc1ccccc1)C(=O)N[C@@H](CO)C(=O)N[C@H](C(=O)O)[C@@H](C)O)C(C)C. The van der Waals surface area contributed by atoms with Crippen molar-refractivity contribution in [1.29, 1.82) is 0 Å². The zero-order valence-corrected chi connectivity index (χ0v) is 34.1. The number of nitrogens with two attached hydrogens (primary N) is 1. The molecule has 2 fully saturated rings. The number of amides is 7. The second-order valence-electron chi connectivity index (χ2n) is 15.7. The molecule has 1 aromatic rings. The fourth-order valence-corrected chi connectivity index (χ4v) is 6.95. The third-order valence-corrected chi connectivity index (χ3v) is 10.5. The predicted octanol–water partition coefficient (Wildman–Crippen LogP) is -3.28. The van der Waals surface area contributed by atoms with Crippen LogP contribution in [0.25, 0.3) is 0 Å². The molecule has 59 heavy (non-hydrogen) atoms. The maximum absolute atomic E-state index is 14.0. The highest BCUT2D eigenvalue weighted by Gasteiger charge is 2.44. The molecule has 1 aromatic carbocycles. The van der Waals surface area contributed by atoms with Crippen LogP contribution in [0.1, 0.15) is 65.9 Å². The van der Waals surface area contributed by atoms with Gasteiger partial charge in [-0.15, -0.1) is 0 Å². The lowest BCUT2D eigenvalue weighted by Gasteiger charge is -2.33. The van der Waals surface area contributed by atoms with Crippen molar-refractivity contribution < 1.29 is 58.8 Å². The molecule has 20 nitrogen and oxygen atoms in total. The lowest BCUT2D eigenvalue weighted by Crippen LogP contribution is -2.61. The molecule has 0 aromatic heterocycles. The molecule has 2 heterocycles. The lowest BCUT2D eigenvalue weighted by molar-refractivity contribution is -0.148. The van der Waals surface area contributed by atoms with Gasteiger partial charge in [-0.05, 0) is 50.0 Å². The number of aliphatic hydroxyl groups excluding tert-OH is 3. The molecular formula is C39H60N8O12. The van der Waals surface area contributed by atoms with Crippen LogP contribution in [0.15, 0.2) is 30.3 Å². The number of nitrogens with one attached hydrogen (secondary N) is 5. The molecule has 2 aliphatic heterocycles. The number of carboxylic acids is 1. The largest absolute Gasteiger partial charge is 0.480 e. The van der Waals surface area contributed by atoms with E-state index in [1.165, 1.54) is 9.80 Å². The molecule has 328 valence electrons. The minimum Gasteiger partial charge on any atom is -0.480 e. The van der Waals surface area contributed by atoms with Gasteiger partial charge >= 0.3 is 5.97 Å². The first-order valence-corrected chi connectivity index (χ1v) is 19.9. The number of rotatable bonds is 20. The van der Waals surface area contributed by atoms with Crippen LogP contribution in [0.2, 0.25) is 0 Å². The summed E-state index contributed by atoms with van der Waals surface area (Å²) in [5.41, 5.74) is 6.52. The van der Waals surface area contributed by atoms with Gasteiger partial charge in [-0.25, -0.2) is 4.79 Å². The van der Waals surface area contributed by atoms with Gasteiger partial charge in [0.25, 0.3) is 0 Å². The van der Waals surface area contributed by atoms with Crippen molar-refractivity contribution in [2.75, 3.05) is 26.3 Å². The van der Waals surface area contributed by atoms with E-state index in [4.69, 9.17) is 5.73 Å². The summed E-state index contributed by atoms with van der Waals surface area (Å²) in [6, 6.07) is -1.66. The molecule has 2 aliphatic rings. The number of aliphatic carboxylic acids is 1. The number of aliphatic hydroxyl groups is 3. The molecule has 0 spiro atoms. The highest BCUT2D eigenvalue weighted by atomic mass is 16.4. The first kappa shape index (κ1) is 48.2. The van der Waals surface area contributed by atoms with Gasteiger partial charge in [-0.1, -0.05) is 58.0 Å². The fraction of sp³-hybridized carbons (Fsp3) is 0.641. The van der Waals surface area contributed by atoms with Gasteiger partial charge in [0.15, 0.2) is 6.04 Å². The molecule has 2 saturated heterocycles. The Kier molecular flexibility index (Phi) is 18.2. The summed E-state index contributed by atoms with van der Waals surface area (Å²) in [7, 11) is 0. The quantitative estimate of drug-likeness (QED) is 0.0618. The fourth-order valence-electron chi connectivity index (χ4n) is 6.95. The second kappa shape index (κ2) is 22.3. The maximum Gasteiger partial charge on any atom is 0.328 e. The minimum atomic E-state index is -1.73. The van der Waals surface area contributed by atoms with E-state index in [9.17, 15) is 58.8 Å². The number of likely N-dealkylation sites (tertiary alicyclic amines) is 2. The molecule has 0 radical (unpaired) electrons. The van der Waals surface area contributed by atoms with Crippen LogP contribution in [0.5, 0.6) is 0 Å². The van der Waals surface area contributed by atoms with Crippen LogP contribution in [-0.4, -0.2) is 158 Å². The maximum atomic E-state index is 14.0. The number of carbonyl (C=O) groups is 8. The summed E-state index contributed by atoms with van der Waals surface area (Å²) >= 11 is 0. The smallest absolute Gasteiger partial charge is 0.328 e. The summed E-state index contributed by atoms with van der Waals surface area (Å²) in [5, 5.41) is 51.3. The van der Waals surface area contributed by atoms with E-state index in [1.807, 2.05) is 0 Å². The van der Waals surface area contributed by atoms with Crippen molar-refractivity contribution in [3.63, 3.8) is 0 Å². The van der Waals surface area contributed by atoms with Gasteiger partial charge in [-0.3, -0.25) is 33.6 Å². The predicted molar refractivity (Wildman–Crippen MR) is 210 cm³/mol. The molecule has 9 atom stereocenters. The first-order valence-electron chi connectivity index (χ1n) is 19.9. The van der Waals surface area contributed by atoms with Crippen LogP contribution >= 0.6 is 0 Å². The Bertz CT molecular complexity index is 1660. The Morgan fingerprint density at radius 1 is 0.678 bits per heavy atom. The number of carbonyl (C=O) groups excluding carboxylic acids is 7. The third kappa shape index (κ3) is 12.9. The van der Waals surface area contributed by atoms with Gasteiger partial charge in [0.05, 0.1) is 25.4 Å². The Morgan fingerprint density at radius 3 is 1.76 bits per heavy atom. The van der Waals surface area contributed by atoms with Crippen molar-refractivity contribution in [3.05, 3.63) is 35.9 Å². The van der Waals surface area contributed by atoms with Crippen molar-refractivity contribution in [3.8, 4) is 0 Å². The molecule has 11 N–H and O–H groups in total. The van der Waals surface area contributed by atoms with E-state index in [-0.39, 0.29) is 38.3 Å². The Hall–Kier alpha value is -5.18. The summed E-state index contributed by atoms with van der Waals surface area (Å²) in [6.45, 7) is 6.64. The van der Waals surface area contributed by atoms with Gasteiger partial charge in [-0.2, -0.15) is 0 Å². The monoisotopic (exact) mass is 832 g/mol. The molecule has 0 saturated carbocycles. The van der Waals surface area contributed by atoms with Crippen LogP contribution in [0.3, 0.4) is 0 Å². The normalized spacial score (nSPS) is 20.1. The Labute approximate surface area is 343 Å². The van der Waals surface area contributed by atoms with Gasteiger partial charge in [0.1, 0.15) is 36.3 Å². The molecule has 7 amide bonds. The van der Waals surface area contributed by atoms with Crippen LogP contribution in [0, 0.1) is 11.8 Å². The van der Waals surface area contributed by atoms with Gasteiger partial charge in [0, 0.05) is 19.5 Å². The average molecular weight is 833 g/mol. The number of hydrogen-bond donors (Lipinski definition) is 10. The van der Waals surface area contributed by atoms with Crippen molar-refractivity contribution in [2.45, 2.75) is 121 Å². The van der Waals surface area contributed by atoms with E-state index >= 15 is 0 Å². The van der Waals surface area contributed by atoms with E-state index in [1.54, 1.807) is 58.0 Å². The van der Waals surface area contributed by atoms with E-state index < -0.39 is 121 Å². The van der Waals surface area contributed by atoms with Crippen molar-refractivity contribution in [2.24, 2.45) is 17.6 Å². The standard InChI is InChI=1S/C39H60N8O12/c1-20(2)29(40)35(54)43-26(19-49)37(56)47-16-10-14-28(47)38(57)46-15-9-13-27(46)34(53)44-30(21(3)4)36(55)41-24(17-23-11-7-6-8-12-23)32(51)42-25(18-48)33(52)45-31(22(5)50)39(58)59/h6-8,11-12,20-22,24-31,48-50H,9-10,13-19,40H2,1-5H3,(H,41,55)(H,42,51)(H,43,54)(H,44,53)(H,45,52)(H,58,59)/t22-,24+,25+,26+,27+,28+,29+,30+,31+/m1/s1. The number of hydrogen-bond acceptors (Lipinski definition) is 12. The summed E-state index contributed by atoms with van der Waals surface area (Å²) in [4.78, 5) is 109. The highest BCUT2D eigenvalue weighted by molar-refractivity contribution is 5.98. The van der Waals surface area contributed by atoms with E-state index in [0.29, 0.717) is 18.4 Å². The zero-order valence-electron chi connectivity index (χ0n) is 34.1. The summed E-state index contributed by atoms with van der Waals surface area (Å²) in [6.07, 6.45) is -0.130. The Morgan fingerprint density at radius 2 is 1.22 bits per heavy atom. The molecular weight excluding hydrogens is 772 g/mol. The summed E-state index contributed by atoms with van der Waals surface area (Å²) < 4.78 is 0. The zero-order chi connectivity index (χ0) is 44.1. The van der Waals surface area contributed by atoms with Crippen LogP contribution < -0.4 is 32.3 Å². The van der Waals surface area contributed by atoms with Crippen LogP contribution in [-0.2, 0) is 44.8 Å². The second-order valence-corrected chi connectivity index (χ2v) is 15.7. The topological polar surface area (TPSA) is 310 Å². The Balaban J connectivity index is 1.76. The number of benzene rings is 1. The molecule has 20 heteroatoms. The lowest BCUT2D eigenvalue weighted by atomic mass is 10.00. The highest BCUT2D eigenvalue weighted by Crippen LogP contribution is 2.26. The molecule has 0 bridgehead atoms. The van der Waals surface area contributed by atoms with E-state index in [2.05, 4.69) is 26.6 Å². The number of carboxylic acid groups (broad SMARTS) is 1. The van der Waals surface area contributed by atoms with Crippen LogP contribution in [0.4, 0.5) is 0 Å². The van der Waals surface area contributed by atoms with Gasteiger partial charge < -0.3 is 62.5 Å². The molecule has 0 unspecified atom stereocenters.